The zero-order valence-corrected chi connectivity index (χ0v) is 13.8. The van der Waals surface area contributed by atoms with Crippen molar-refractivity contribution >= 4 is 11.6 Å². The second-order valence-corrected chi connectivity index (χ2v) is 6.15. The van der Waals surface area contributed by atoms with E-state index < -0.39 is 6.10 Å². The second-order valence-electron chi connectivity index (χ2n) is 5.74. The van der Waals surface area contributed by atoms with Crippen LogP contribution in [0.5, 0.6) is 5.75 Å². The van der Waals surface area contributed by atoms with Crippen LogP contribution in [0.1, 0.15) is 5.56 Å². The summed E-state index contributed by atoms with van der Waals surface area (Å²) in [7, 11) is 0. The van der Waals surface area contributed by atoms with Gasteiger partial charge in [-0.2, -0.15) is 0 Å². The second kappa shape index (κ2) is 8.70. The highest BCUT2D eigenvalue weighted by molar-refractivity contribution is 6.31. The van der Waals surface area contributed by atoms with Crippen LogP contribution in [0.3, 0.4) is 0 Å². The van der Waals surface area contributed by atoms with Gasteiger partial charge >= 0.3 is 0 Å². The Morgan fingerprint density at radius 1 is 1.23 bits per heavy atom. The van der Waals surface area contributed by atoms with Gasteiger partial charge in [0.05, 0.1) is 6.61 Å². The Morgan fingerprint density at radius 3 is 2.55 bits per heavy atom. The van der Waals surface area contributed by atoms with Crippen molar-refractivity contribution in [2.24, 2.45) is 0 Å². The third-order valence-corrected chi connectivity index (χ3v) is 4.35. The third kappa shape index (κ3) is 5.41. The lowest BCUT2D eigenvalue weighted by atomic mass is 10.2. The third-order valence-electron chi connectivity index (χ3n) is 3.92. The molecule has 0 bridgehead atoms. The number of piperazine rings is 1. The normalized spacial score (nSPS) is 18.4. The number of hydrogen-bond acceptors (Lipinski definition) is 5. The molecule has 1 saturated heterocycles. The molecule has 0 aromatic heterocycles. The maximum atomic E-state index is 10.1. The number of rotatable bonds is 7. The first-order valence-corrected chi connectivity index (χ1v) is 8.09. The van der Waals surface area contributed by atoms with E-state index in [4.69, 9.17) is 21.4 Å². The molecule has 1 aromatic rings. The van der Waals surface area contributed by atoms with Crippen LogP contribution in [-0.2, 0) is 0 Å². The Balaban J connectivity index is 1.69. The quantitative estimate of drug-likeness (QED) is 0.782. The molecule has 0 radical (unpaired) electrons. The van der Waals surface area contributed by atoms with Gasteiger partial charge in [-0.05, 0) is 30.7 Å². The minimum atomic E-state index is -0.514. The molecule has 6 heteroatoms. The van der Waals surface area contributed by atoms with Crippen molar-refractivity contribution in [1.29, 1.82) is 0 Å². The van der Waals surface area contributed by atoms with E-state index in [0.717, 1.165) is 44.0 Å². The molecule has 0 spiro atoms. The molecule has 1 unspecified atom stereocenters. The van der Waals surface area contributed by atoms with E-state index in [1.807, 2.05) is 19.1 Å². The van der Waals surface area contributed by atoms with Gasteiger partial charge in [-0.25, -0.2) is 0 Å². The van der Waals surface area contributed by atoms with E-state index in [1.165, 1.54) is 0 Å². The summed E-state index contributed by atoms with van der Waals surface area (Å²) < 4.78 is 5.63. The van der Waals surface area contributed by atoms with Gasteiger partial charge in [0.2, 0.25) is 0 Å². The molecule has 2 N–H and O–H groups in total. The summed E-state index contributed by atoms with van der Waals surface area (Å²) in [5.41, 5.74) is 0.966. The first kappa shape index (κ1) is 17.5. The molecule has 1 aromatic carbocycles. The van der Waals surface area contributed by atoms with E-state index in [-0.39, 0.29) is 13.2 Å². The van der Waals surface area contributed by atoms with Gasteiger partial charge in [-0.3, -0.25) is 9.80 Å². The number of benzene rings is 1. The Bertz CT molecular complexity index is 465. The summed E-state index contributed by atoms with van der Waals surface area (Å²) in [4.78, 5) is 4.46. The number of β-amino-alcohol motifs (C(OH)–C–C–N with tert-alkyl or cyclic N) is 2. The van der Waals surface area contributed by atoms with Crippen LogP contribution in [0.2, 0.25) is 5.02 Å². The molecule has 1 aliphatic rings. The smallest absolute Gasteiger partial charge is 0.119 e. The molecular weight excluding hydrogens is 304 g/mol. The van der Waals surface area contributed by atoms with Crippen LogP contribution < -0.4 is 4.74 Å². The molecule has 0 saturated carbocycles. The van der Waals surface area contributed by atoms with Gasteiger partial charge in [-0.1, -0.05) is 11.6 Å². The Labute approximate surface area is 137 Å². The number of aliphatic hydroxyl groups excluding tert-OH is 2. The molecule has 0 aliphatic carbocycles. The van der Waals surface area contributed by atoms with Gasteiger partial charge < -0.3 is 14.9 Å². The van der Waals surface area contributed by atoms with Crippen molar-refractivity contribution in [3.8, 4) is 5.75 Å². The molecule has 5 nitrogen and oxygen atoms in total. The molecular formula is C16H25ClN2O3. The van der Waals surface area contributed by atoms with Crippen LogP contribution in [0.25, 0.3) is 0 Å². The zero-order valence-electron chi connectivity index (χ0n) is 13.0. The molecule has 1 aliphatic heterocycles. The van der Waals surface area contributed by atoms with E-state index in [2.05, 4.69) is 9.80 Å². The minimum Gasteiger partial charge on any atom is -0.491 e. The summed E-state index contributed by atoms with van der Waals surface area (Å²) in [5, 5.41) is 19.8. The number of ether oxygens (including phenoxy) is 1. The number of aryl methyl sites for hydroxylation is 1. The fourth-order valence-corrected chi connectivity index (χ4v) is 2.70. The highest BCUT2D eigenvalue weighted by Crippen LogP contribution is 2.21. The lowest BCUT2D eigenvalue weighted by Gasteiger charge is -2.35. The monoisotopic (exact) mass is 328 g/mol. The first-order chi connectivity index (χ1) is 10.6. The van der Waals surface area contributed by atoms with Crippen LogP contribution >= 0.6 is 11.6 Å². The topological polar surface area (TPSA) is 56.2 Å². The molecule has 22 heavy (non-hydrogen) atoms. The van der Waals surface area contributed by atoms with Crippen LogP contribution in [0.15, 0.2) is 18.2 Å². The van der Waals surface area contributed by atoms with E-state index in [9.17, 15) is 5.11 Å². The number of hydrogen-bond donors (Lipinski definition) is 2. The highest BCUT2D eigenvalue weighted by Gasteiger charge is 2.19. The SMILES string of the molecule is Cc1cc(OCC(O)CN2CCN(CCO)CC2)ccc1Cl. The van der Waals surface area contributed by atoms with Crippen molar-refractivity contribution < 1.29 is 14.9 Å². The van der Waals surface area contributed by atoms with E-state index in [1.54, 1.807) is 6.07 Å². The lowest BCUT2D eigenvalue weighted by molar-refractivity contribution is 0.0428. The number of nitrogens with zero attached hydrogens (tertiary/aromatic N) is 2. The molecule has 1 heterocycles. The highest BCUT2D eigenvalue weighted by atomic mass is 35.5. The maximum absolute atomic E-state index is 10.1. The summed E-state index contributed by atoms with van der Waals surface area (Å²) >= 11 is 5.98. The standard InChI is InChI=1S/C16H25ClN2O3/c1-13-10-15(2-3-16(13)17)22-12-14(21)11-19-6-4-18(5-7-19)8-9-20/h2-3,10,14,20-21H,4-9,11-12H2,1H3. The van der Waals surface area contributed by atoms with Crippen molar-refractivity contribution in [2.75, 3.05) is 52.5 Å². The fourth-order valence-electron chi connectivity index (χ4n) is 2.59. The van der Waals surface area contributed by atoms with Gasteiger partial charge in [0.25, 0.3) is 0 Å². The van der Waals surface area contributed by atoms with Gasteiger partial charge in [0.15, 0.2) is 0 Å². The van der Waals surface area contributed by atoms with Crippen LogP contribution in [-0.4, -0.2) is 78.6 Å². The van der Waals surface area contributed by atoms with Crippen molar-refractivity contribution in [3.63, 3.8) is 0 Å². The number of aliphatic hydroxyl groups is 2. The Kier molecular flexibility index (Phi) is 6.92. The summed E-state index contributed by atoms with van der Waals surface area (Å²) in [6.07, 6.45) is -0.514. The van der Waals surface area contributed by atoms with E-state index in [0.29, 0.717) is 11.6 Å². The fraction of sp³-hybridized carbons (Fsp3) is 0.625. The van der Waals surface area contributed by atoms with Crippen molar-refractivity contribution in [1.82, 2.24) is 9.80 Å². The Hall–Kier alpha value is -0.850. The summed E-state index contributed by atoms with van der Waals surface area (Å²) in [6, 6.07) is 5.50. The molecule has 2 rings (SSSR count). The predicted molar refractivity (Wildman–Crippen MR) is 87.7 cm³/mol. The molecule has 0 amide bonds. The number of halogens is 1. The molecule has 124 valence electrons. The summed E-state index contributed by atoms with van der Waals surface area (Å²) in [5.74, 6) is 0.730. The van der Waals surface area contributed by atoms with Gasteiger partial charge in [-0.15, -0.1) is 0 Å². The van der Waals surface area contributed by atoms with Crippen molar-refractivity contribution in [2.45, 2.75) is 13.0 Å². The largest absolute Gasteiger partial charge is 0.491 e. The van der Waals surface area contributed by atoms with Crippen LogP contribution in [0, 0.1) is 6.92 Å². The first-order valence-electron chi connectivity index (χ1n) is 7.71. The minimum absolute atomic E-state index is 0.205. The maximum Gasteiger partial charge on any atom is 0.119 e. The summed E-state index contributed by atoms with van der Waals surface area (Å²) in [6.45, 7) is 7.45. The van der Waals surface area contributed by atoms with Gasteiger partial charge in [0.1, 0.15) is 18.5 Å². The lowest BCUT2D eigenvalue weighted by Crippen LogP contribution is -2.49. The van der Waals surface area contributed by atoms with Crippen LogP contribution in [0.4, 0.5) is 0 Å². The molecule has 1 fully saturated rings. The average molecular weight is 329 g/mol. The Morgan fingerprint density at radius 2 is 1.91 bits per heavy atom. The van der Waals surface area contributed by atoms with Crippen molar-refractivity contribution in [3.05, 3.63) is 28.8 Å². The predicted octanol–water partition coefficient (Wildman–Crippen LogP) is 0.998. The van der Waals surface area contributed by atoms with E-state index >= 15 is 0 Å². The van der Waals surface area contributed by atoms with Gasteiger partial charge in [0, 0.05) is 44.3 Å². The average Bonchev–Trinajstić information content (AvgIpc) is 2.51. The zero-order chi connectivity index (χ0) is 15.9. The molecule has 1 atom stereocenters.